The average molecular weight is 468 g/mol. The molecule has 3 unspecified atom stereocenters. The highest BCUT2D eigenvalue weighted by atomic mass is 31.2. The van der Waals surface area contributed by atoms with Gasteiger partial charge >= 0.3 is 31.7 Å². The summed E-state index contributed by atoms with van der Waals surface area (Å²) in [7, 11) is -5.19. The fourth-order valence-corrected chi connectivity index (χ4v) is 3.32. The molecule has 0 radical (unpaired) electrons. The zero-order valence-corrected chi connectivity index (χ0v) is 18.2. The summed E-state index contributed by atoms with van der Waals surface area (Å²) in [6, 6.07) is 0. The monoisotopic (exact) mass is 468 g/mol. The van der Waals surface area contributed by atoms with Crippen LogP contribution in [0.5, 0.6) is 0 Å². The largest absolute Gasteiger partial charge is 0.472 e. The van der Waals surface area contributed by atoms with Crippen molar-refractivity contribution in [3.63, 3.8) is 0 Å². The van der Waals surface area contributed by atoms with Crippen molar-refractivity contribution in [2.24, 2.45) is 5.92 Å². The van der Waals surface area contributed by atoms with Crippen molar-refractivity contribution in [3.8, 4) is 0 Å². The highest BCUT2D eigenvalue weighted by Crippen LogP contribution is 2.43. The Kier molecular flexibility index (Phi) is 9.78. The lowest BCUT2D eigenvalue weighted by Gasteiger charge is -2.45. The van der Waals surface area contributed by atoms with Crippen LogP contribution in [0.3, 0.4) is 0 Å². The first-order valence-corrected chi connectivity index (χ1v) is 10.4. The average Bonchev–Trinajstić information content (AvgIpc) is 2.58. The molecule has 31 heavy (non-hydrogen) atoms. The van der Waals surface area contributed by atoms with Crippen molar-refractivity contribution < 1.29 is 61.7 Å². The maximum absolute atomic E-state index is 11.7. The lowest BCUT2D eigenvalue weighted by Crippen LogP contribution is -2.63. The maximum Gasteiger partial charge on any atom is 0.472 e. The molecule has 2 N–H and O–H groups in total. The second-order valence-electron chi connectivity index (χ2n) is 6.49. The minimum atomic E-state index is -5.19. The molecule has 13 nitrogen and oxygen atoms in total. The Balaban J connectivity index is 3.50. The van der Waals surface area contributed by atoms with Crippen LogP contribution in [0.4, 0.5) is 0 Å². The maximum atomic E-state index is 11.7. The summed E-state index contributed by atoms with van der Waals surface area (Å²) in [4.78, 5) is 64.7. The summed E-state index contributed by atoms with van der Waals surface area (Å²) in [5.41, 5.74) is 0. The predicted octanol–water partition coefficient (Wildman–Crippen LogP) is -0.0190. The molecule has 0 saturated carbocycles. The van der Waals surface area contributed by atoms with E-state index in [1.54, 1.807) is 0 Å². The molecule has 1 aliphatic rings. The Morgan fingerprint density at radius 2 is 1.42 bits per heavy atom. The van der Waals surface area contributed by atoms with Crippen molar-refractivity contribution in [2.45, 2.75) is 58.4 Å². The summed E-state index contributed by atoms with van der Waals surface area (Å²) < 4.78 is 42.0. The van der Waals surface area contributed by atoms with Crippen LogP contribution in [0.1, 0.15) is 27.7 Å². The lowest BCUT2D eigenvalue weighted by molar-refractivity contribution is -0.293. The van der Waals surface area contributed by atoms with Crippen molar-refractivity contribution in [2.75, 3.05) is 6.61 Å². The van der Waals surface area contributed by atoms with E-state index >= 15 is 0 Å². The predicted molar refractivity (Wildman–Crippen MR) is 98.8 cm³/mol. The van der Waals surface area contributed by atoms with Crippen LogP contribution in [0, 0.1) is 5.92 Å². The smallest absolute Gasteiger partial charge is 0.465 e. The number of ether oxygens (including phenoxy) is 5. The molecule has 1 aliphatic heterocycles. The molecule has 1 fully saturated rings. The van der Waals surface area contributed by atoms with Crippen molar-refractivity contribution in [1.82, 2.24) is 0 Å². The number of carbonyl (C=O) groups excluding carboxylic acids is 4. The Morgan fingerprint density at radius 1 is 0.935 bits per heavy atom. The Labute approximate surface area is 177 Å². The second kappa shape index (κ2) is 11.3. The van der Waals surface area contributed by atoms with Crippen LogP contribution >= 0.6 is 7.82 Å². The summed E-state index contributed by atoms with van der Waals surface area (Å²) in [6.45, 7) is 7.45. The number of phosphoric acid groups is 1. The Hall–Kier alpha value is -2.31. The van der Waals surface area contributed by atoms with E-state index in [1.165, 1.54) is 6.08 Å². The topological polar surface area (TPSA) is 181 Å². The number of hydrogen-bond donors (Lipinski definition) is 2. The molecule has 1 rings (SSSR count). The van der Waals surface area contributed by atoms with Crippen LogP contribution in [0.2, 0.25) is 0 Å². The minimum Gasteiger partial charge on any atom is -0.465 e. The van der Waals surface area contributed by atoms with Gasteiger partial charge in [-0.25, -0.2) is 4.57 Å². The normalized spacial score (nSPS) is 26.8. The first-order valence-electron chi connectivity index (χ1n) is 8.92. The third-order valence-electron chi connectivity index (χ3n) is 3.88. The summed E-state index contributed by atoms with van der Waals surface area (Å²) in [5, 5.41) is 0. The van der Waals surface area contributed by atoms with E-state index in [0.717, 1.165) is 27.7 Å². The first kappa shape index (κ1) is 26.7. The van der Waals surface area contributed by atoms with Gasteiger partial charge in [-0.05, 0) is 0 Å². The number of esters is 4. The van der Waals surface area contributed by atoms with Crippen LogP contribution in [0.15, 0.2) is 12.7 Å². The SMILES string of the molecule is C=C[C@@H](COC(C)=O)C1O[C@@H](OP(=O)(O)O)C(OC(C)=O)C(OC(C)=O)[C@@H]1OC(C)=O. The van der Waals surface area contributed by atoms with Crippen molar-refractivity contribution in [1.29, 1.82) is 0 Å². The molecule has 176 valence electrons. The molecule has 6 atom stereocenters. The van der Waals surface area contributed by atoms with Gasteiger partial charge in [0.05, 0.1) is 0 Å². The van der Waals surface area contributed by atoms with E-state index in [4.69, 9.17) is 23.7 Å². The molecule has 1 saturated heterocycles. The number of rotatable bonds is 9. The van der Waals surface area contributed by atoms with Crippen LogP contribution in [0.25, 0.3) is 0 Å². The van der Waals surface area contributed by atoms with E-state index in [9.17, 15) is 33.5 Å². The second-order valence-corrected chi connectivity index (χ2v) is 7.68. The van der Waals surface area contributed by atoms with Gasteiger partial charge in [0.1, 0.15) is 12.7 Å². The summed E-state index contributed by atoms with van der Waals surface area (Å²) >= 11 is 0. The molecule has 0 aromatic heterocycles. The van der Waals surface area contributed by atoms with Crippen LogP contribution in [-0.2, 0) is 52.0 Å². The van der Waals surface area contributed by atoms with E-state index in [2.05, 4.69) is 11.1 Å². The van der Waals surface area contributed by atoms with E-state index in [0.29, 0.717) is 0 Å². The van der Waals surface area contributed by atoms with Gasteiger partial charge in [-0.3, -0.25) is 23.7 Å². The Bertz CT molecular complexity index is 744. The van der Waals surface area contributed by atoms with Gasteiger partial charge in [-0.15, -0.1) is 6.58 Å². The van der Waals surface area contributed by atoms with E-state index < -0.39 is 68.3 Å². The fourth-order valence-electron chi connectivity index (χ4n) is 2.88. The highest BCUT2D eigenvalue weighted by Gasteiger charge is 2.55. The Morgan fingerprint density at radius 3 is 1.84 bits per heavy atom. The molecule has 0 aromatic carbocycles. The van der Waals surface area contributed by atoms with Crippen LogP contribution < -0.4 is 0 Å². The number of phosphoric ester groups is 1. The number of carbonyl (C=O) groups is 4. The molecule has 0 aliphatic carbocycles. The third-order valence-corrected chi connectivity index (χ3v) is 4.36. The van der Waals surface area contributed by atoms with Gasteiger partial charge in [-0.1, -0.05) is 6.08 Å². The molecule has 1 heterocycles. The molecular weight excluding hydrogens is 443 g/mol. The van der Waals surface area contributed by atoms with E-state index in [-0.39, 0.29) is 6.61 Å². The minimum absolute atomic E-state index is 0.324. The summed E-state index contributed by atoms with van der Waals surface area (Å²) in [6.07, 6.45) is -6.73. The van der Waals surface area contributed by atoms with Gasteiger partial charge < -0.3 is 33.5 Å². The fraction of sp³-hybridized carbons (Fsp3) is 0.647. The highest BCUT2D eigenvalue weighted by molar-refractivity contribution is 7.46. The van der Waals surface area contributed by atoms with E-state index in [1.807, 2.05) is 0 Å². The van der Waals surface area contributed by atoms with Gasteiger partial charge in [0.15, 0.2) is 18.3 Å². The number of hydrogen-bond acceptors (Lipinski definition) is 11. The zero-order valence-electron chi connectivity index (χ0n) is 17.3. The first-order chi connectivity index (χ1) is 14.2. The molecule has 0 aromatic rings. The third kappa shape index (κ3) is 8.75. The van der Waals surface area contributed by atoms with Crippen molar-refractivity contribution >= 4 is 31.7 Å². The molecular formula is C17H25O13P. The summed E-state index contributed by atoms with van der Waals surface area (Å²) in [5.74, 6) is -4.20. The van der Waals surface area contributed by atoms with Gasteiger partial charge in [0, 0.05) is 33.6 Å². The molecule has 0 bridgehead atoms. The molecule has 0 amide bonds. The molecule has 0 spiro atoms. The van der Waals surface area contributed by atoms with Gasteiger partial charge in [0.2, 0.25) is 6.29 Å². The standard InChI is InChI=1S/C17H25O13P/c1-6-12(7-25-8(2)18)13-14(26-9(3)19)15(27-10(4)20)16(28-11(5)21)17(29-13)30-31(22,23)24/h6,12-17H,1,7H2,2-5H3,(H2,22,23,24)/t12-,13?,14+,15?,16?,17-/m0/s1. The van der Waals surface area contributed by atoms with Gasteiger partial charge in [-0.2, -0.15) is 0 Å². The molecule has 14 heteroatoms. The lowest BCUT2D eigenvalue weighted by atomic mass is 9.89. The van der Waals surface area contributed by atoms with Crippen molar-refractivity contribution in [3.05, 3.63) is 12.7 Å². The quantitative estimate of drug-likeness (QED) is 0.200. The zero-order chi connectivity index (χ0) is 23.9. The van der Waals surface area contributed by atoms with Gasteiger partial charge in [0.25, 0.3) is 0 Å². The van der Waals surface area contributed by atoms with Crippen LogP contribution in [-0.4, -0.2) is 71.0 Å².